The molecule has 106 valence electrons. The van der Waals surface area contributed by atoms with E-state index in [1.54, 1.807) is 6.20 Å². The van der Waals surface area contributed by atoms with Gasteiger partial charge >= 0.3 is 0 Å². The number of anilines is 1. The lowest BCUT2D eigenvalue weighted by molar-refractivity contribution is 0.328. The van der Waals surface area contributed by atoms with Gasteiger partial charge in [0.15, 0.2) is 0 Å². The van der Waals surface area contributed by atoms with Crippen molar-refractivity contribution in [2.75, 3.05) is 25.6 Å². The van der Waals surface area contributed by atoms with Gasteiger partial charge in [-0.15, -0.1) is 0 Å². The minimum Gasteiger partial charge on any atom is -0.477 e. The van der Waals surface area contributed by atoms with Gasteiger partial charge in [-0.2, -0.15) is 0 Å². The fourth-order valence-corrected chi connectivity index (χ4v) is 1.84. The Morgan fingerprint density at radius 2 is 2.00 bits per heavy atom. The molecular weight excluding hydrogens is 252 g/mol. The van der Waals surface area contributed by atoms with E-state index >= 15 is 0 Å². The van der Waals surface area contributed by atoms with Crippen LogP contribution in [0.2, 0.25) is 0 Å². The molecule has 2 heterocycles. The molecule has 0 atom stereocenters. The summed E-state index contributed by atoms with van der Waals surface area (Å²) in [5.41, 5.74) is 2.75. The molecule has 2 aromatic rings. The number of ether oxygens (including phenoxy) is 1. The van der Waals surface area contributed by atoms with Gasteiger partial charge in [0.1, 0.15) is 0 Å². The lowest BCUT2D eigenvalue weighted by Gasteiger charge is -2.14. The quantitative estimate of drug-likeness (QED) is 0.837. The summed E-state index contributed by atoms with van der Waals surface area (Å²) in [5.74, 6) is 1.31. The Bertz CT molecular complexity index is 584. The van der Waals surface area contributed by atoms with E-state index < -0.39 is 0 Å². The minimum atomic E-state index is 0.580. The Hall–Kier alpha value is -2.17. The zero-order chi connectivity index (χ0) is 14.5. The molecule has 0 N–H and O–H groups in total. The highest BCUT2D eigenvalue weighted by Gasteiger charge is 2.12. The predicted octanol–water partition coefficient (Wildman–Crippen LogP) is 2.57. The summed E-state index contributed by atoms with van der Waals surface area (Å²) in [5, 5.41) is 0. The van der Waals surface area contributed by atoms with E-state index in [1.807, 2.05) is 44.1 Å². The summed E-state index contributed by atoms with van der Waals surface area (Å²) >= 11 is 0. The van der Waals surface area contributed by atoms with Crippen LogP contribution in [-0.2, 0) is 6.42 Å². The van der Waals surface area contributed by atoms with Crippen LogP contribution in [0.4, 0.5) is 5.95 Å². The molecule has 0 radical (unpaired) electrons. The average molecular weight is 272 g/mol. The second-order valence-electron chi connectivity index (χ2n) is 4.58. The van der Waals surface area contributed by atoms with Crippen LogP contribution in [0.1, 0.15) is 19.5 Å². The summed E-state index contributed by atoms with van der Waals surface area (Å²) in [6.45, 7) is 4.61. The van der Waals surface area contributed by atoms with Gasteiger partial charge in [-0.1, -0.05) is 6.92 Å². The summed E-state index contributed by atoms with van der Waals surface area (Å²) in [4.78, 5) is 15.3. The van der Waals surface area contributed by atoms with Gasteiger partial charge in [0.05, 0.1) is 17.9 Å². The predicted molar refractivity (Wildman–Crippen MR) is 80.1 cm³/mol. The molecule has 0 saturated carbocycles. The second kappa shape index (κ2) is 6.32. The van der Waals surface area contributed by atoms with Crippen molar-refractivity contribution in [1.29, 1.82) is 0 Å². The zero-order valence-electron chi connectivity index (χ0n) is 12.4. The van der Waals surface area contributed by atoms with Crippen molar-refractivity contribution in [3.05, 3.63) is 30.1 Å². The lowest BCUT2D eigenvalue weighted by atomic mass is 10.1. The summed E-state index contributed by atoms with van der Waals surface area (Å²) in [7, 11) is 3.87. The molecule has 0 aliphatic heterocycles. The van der Waals surface area contributed by atoms with Crippen molar-refractivity contribution in [3.8, 4) is 17.1 Å². The number of aryl methyl sites for hydroxylation is 1. The third kappa shape index (κ3) is 3.04. The molecule has 0 aliphatic carbocycles. The van der Waals surface area contributed by atoms with Gasteiger partial charge < -0.3 is 9.64 Å². The monoisotopic (exact) mass is 272 g/mol. The van der Waals surface area contributed by atoms with E-state index in [0.29, 0.717) is 18.4 Å². The molecule has 0 spiro atoms. The number of aromatic nitrogens is 3. The standard InChI is InChI=1S/C15H20N4O/c1-5-11-10-13(18-15(17-11)19(3)4)12-8-7-9-16-14(12)20-6-2/h7-10H,5-6H2,1-4H3. The third-order valence-corrected chi connectivity index (χ3v) is 2.86. The van der Waals surface area contributed by atoms with Crippen LogP contribution in [0.3, 0.4) is 0 Å². The summed E-state index contributed by atoms with van der Waals surface area (Å²) in [6, 6.07) is 5.85. The van der Waals surface area contributed by atoms with Crippen LogP contribution in [-0.4, -0.2) is 35.7 Å². The maximum Gasteiger partial charge on any atom is 0.225 e. The van der Waals surface area contributed by atoms with Crippen molar-refractivity contribution < 1.29 is 4.74 Å². The number of rotatable bonds is 5. The summed E-state index contributed by atoms with van der Waals surface area (Å²) in [6.07, 6.45) is 2.59. The SMILES string of the molecule is CCOc1ncccc1-c1cc(CC)nc(N(C)C)n1. The topological polar surface area (TPSA) is 51.1 Å². The highest BCUT2D eigenvalue weighted by molar-refractivity contribution is 5.66. The first-order valence-corrected chi connectivity index (χ1v) is 6.79. The Morgan fingerprint density at radius 1 is 1.20 bits per heavy atom. The van der Waals surface area contributed by atoms with Gasteiger partial charge in [-0.05, 0) is 31.5 Å². The van der Waals surface area contributed by atoms with Gasteiger partial charge in [0, 0.05) is 26.0 Å². The zero-order valence-corrected chi connectivity index (χ0v) is 12.4. The van der Waals surface area contributed by atoms with Crippen LogP contribution in [0.25, 0.3) is 11.3 Å². The van der Waals surface area contributed by atoms with Crippen LogP contribution < -0.4 is 9.64 Å². The minimum absolute atomic E-state index is 0.580. The fraction of sp³-hybridized carbons (Fsp3) is 0.400. The maximum absolute atomic E-state index is 5.58. The molecule has 0 aliphatic rings. The van der Waals surface area contributed by atoms with Crippen LogP contribution in [0.5, 0.6) is 5.88 Å². The van der Waals surface area contributed by atoms with E-state index in [2.05, 4.69) is 21.9 Å². The molecule has 0 aromatic carbocycles. The molecule has 0 saturated heterocycles. The van der Waals surface area contributed by atoms with Crippen molar-refractivity contribution in [3.63, 3.8) is 0 Å². The first kappa shape index (κ1) is 14.2. The average Bonchev–Trinajstić information content (AvgIpc) is 2.47. The van der Waals surface area contributed by atoms with Crippen molar-refractivity contribution in [2.45, 2.75) is 20.3 Å². The van der Waals surface area contributed by atoms with E-state index in [4.69, 9.17) is 4.74 Å². The van der Waals surface area contributed by atoms with Crippen LogP contribution in [0, 0.1) is 0 Å². The van der Waals surface area contributed by atoms with Crippen molar-refractivity contribution in [2.24, 2.45) is 0 Å². The third-order valence-electron chi connectivity index (χ3n) is 2.86. The normalized spacial score (nSPS) is 10.4. The van der Waals surface area contributed by atoms with E-state index in [-0.39, 0.29) is 0 Å². The Morgan fingerprint density at radius 3 is 2.65 bits per heavy atom. The Labute approximate surface area is 119 Å². The molecule has 5 heteroatoms. The first-order valence-electron chi connectivity index (χ1n) is 6.79. The van der Waals surface area contributed by atoms with Crippen LogP contribution >= 0.6 is 0 Å². The second-order valence-corrected chi connectivity index (χ2v) is 4.58. The van der Waals surface area contributed by atoms with Gasteiger partial charge in [-0.3, -0.25) is 0 Å². The maximum atomic E-state index is 5.58. The summed E-state index contributed by atoms with van der Waals surface area (Å²) < 4.78 is 5.58. The molecule has 0 unspecified atom stereocenters. The molecule has 0 fully saturated rings. The number of hydrogen-bond donors (Lipinski definition) is 0. The fourth-order valence-electron chi connectivity index (χ4n) is 1.84. The van der Waals surface area contributed by atoms with Gasteiger partial charge in [0.2, 0.25) is 11.8 Å². The highest BCUT2D eigenvalue weighted by atomic mass is 16.5. The molecule has 2 aromatic heterocycles. The van der Waals surface area contributed by atoms with E-state index in [0.717, 1.165) is 23.4 Å². The van der Waals surface area contributed by atoms with Crippen LogP contribution in [0.15, 0.2) is 24.4 Å². The van der Waals surface area contributed by atoms with Crippen molar-refractivity contribution in [1.82, 2.24) is 15.0 Å². The molecule has 5 nitrogen and oxygen atoms in total. The smallest absolute Gasteiger partial charge is 0.225 e. The largest absolute Gasteiger partial charge is 0.477 e. The number of nitrogens with zero attached hydrogens (tertiary/aromatic N) is 4. The van der Waals surface area contributed by atoms with Gasteiger partial charge in [0.25, 0.3) is 0 Å². The van der Waals surface area contributed by atoms with Gasteiger partial charge in [-0.25, -0.2) is 15.0 Å². The number of pyridine rings is 1. The number of hydrogen-bond acceptors (Lipinski definition) is 5. The molecular formula is C15H20N4O. The molecule has 0 amide bonds. The Balaban J connectivity index is 2.54. The lowest BCUT2D eigenvalue weighted by Crippen LogP contribution is -2.14. The molecule has 0 bridgehead atoms. The molecule has 20 heavy (non-hydrogen) atoms. The first-order chi connectivity index (χ1) is 9.65. The molecule has 2 rings (SSSR count). The van der Waals surface area contributed by atoms with Crippen molar-refractivity contribution >= 4 is 5.95 Å². The van der Waals surface area contributed by atoms with E-state index in [9.17, 15) is 0 Å². The van der Waals surface area contributed by atoms with E-state index in [1.165, 1.54) is 0 Å². The Kier molecular flexibility index (Phi) is 4.50. The highest BCUT2D eigenvalue weighted by Crippen LogP contribution is 2.27.